The standard InChI is InChI=1S/C12H14N2O2/c1-2-10(11(13)14)12(15)16-8-9-6-4-3-5-7-9/h2-7H,8H2,1H3,(H3,13,14)/b10-2-. The molecule has 0 saturated heterocycles. The molecule has 0 radical (unpaired) electrons. The van der Waals surface area contributed by atoms with Crippen LogP contribution < -0.4 is 5.73 Å². The van der Waals surface area contributed by atoms with Gasteiger partial charge in [0.25, 0.3) is 0 Å². The fraction of sp³-hybridized carbons (Fsp3) is 0.167. The van der Waals surface area contributed by atoms with E-state index in [-0.39, 0.29) is 18.0 Å². The summed E-state index contributed by atoms with van der Waals surface area (Å²) in [5, 5.41) is 7.17. The van der Waals surface area contributed by atoms with Gasteiger partial charge in [0.15, 0.2) is 0 Å². The van der Waals surface area contributed by atoms with Crippen molar-refractivity contribution in [1.29, 1.82) is 5.41 Å². The molecule has 1 aromatic carbocycles. The second-order valence-electron chi connectivity index (χ2n) is 3.18. The lowest BCUT2D eigenvalue weighted by Crippen LogP contribution is -2.21. The Bertz CT molecular complexity index is 410. The molecule has 0 unspecified atom stereocenters. The lowest BCUT2D eigenvalue weighted by atomic mass is 10.2. The Labute approximate surface area is 94.2 Å². The summed E-state index contributed by atoms with van der Waals surface area (Å²) in [7, 11) is 0. The maximum Gasteiger partial charge on any atom is 0.341 e. The van der Waals surface area contributed by atoms with Crippen LogP contribution in [0.1, 0.15) is 12.5 Å². The van der Waals surface area contributed by atoms with E-state index in [1.807, 2.05) is 30.3 Å². The molecule has 4 heteroatoms. The minimum atomic E-state index is -0.571. The third-order valence-corrected chi connectivity index (χ3v) is 2.01. The maximum absolute atomic E-state index is 11.5. The lowest BCUT2D eigenvalue weighted by molar-refractivity contribution is -0.139. The molecule has 0 aliphatic carbocycles. The van der Waals surface area contributed by atoms with E-state index >= 15 is 0 Å². The number of carbonyl (C=O) groups excluding carboxylic acids is 1. The molecule has 0 aliphatic rings. The SMILES string of the molecule is C/C=C(/C(=N)N)C(=O)OCc1ccccc1. The minimum Gasteiger partial charge on any atom is -0.457 e. The van der Waals surface area contributed by atoms with Crippen molar-refractivity contribution in [3.8, 4) is 0 Å². The predicted octanol–water partition coefficient (Wildman–Crippen LogP) is 1.61. The summed E-state index contributed by atoms with van der Waals surface area (Å²) in [6.07, 6.45) is 1.47. The van der Waals surface area contributed by atoms with Crippen LogP contribution in [0, 0.1) is 5.41 Å². The third-order valence-electron chi connectivity index (χ3n) is 2.01. The Kier molecular flexibility index (Phi) is 4.27. The number of ether oxygens (including phenoxy) is 1. The molecule has 1 rings (SSSR count). The van der Waals surface area contributed by atoms with Crippen LogP contribution in [0.2, 0.25) is 0 Å². The predicted molar refractivity (Wildman–Crippen MR) is 61.9 cm³/mol. The number of allylic oxidation sites excluding steroid dienone is 1. The normalized spacial score (nSPS) is 10.9. The Morgan fingerprint density at radius 2 is 2.06 bits per heavy atom. The highest BCUT2D eigenvalue weighted by Gasteiger charge is 2.12. The van der Waals surface area contributed by atoms with Crippen LogP contribution in [0.3, 0.4) is 0 Å². The first-order valence-electron chi connectivity index (χ1n) is 4.87. The molecule has 0 spiro atoms. The van der Waals surface area contributed by atoms with E-state index in [9.17, 15) is 4.79 Å². The molecule has 16 heavy (non-hydrogen) atoms. The molecule has 0 amide bonds. The van der Waals surface area contributed by atoms with Crippen LogP contribution in [0.5, 0.6) is 0 Å². The summed E-state index contributed by atoms with van der Waals surface area (Å²) < 4.78 is 5.01. The smallest absolute Gasteiger partial charge is 0.341 e. The quantitative estimate of drug-likeness (QED) is 0.349. The van der Waals surface area contributed by atoms with Crippen LogP contribution in [0.4, 0.5) is 0 Å². The molecule has 0 fully saturated rings. The Balaban J connectivity index is 2.57. The van der Waals surface area contributed by atoms with Crippen LogP contribution in [-0.2, 0) is 16.1 Å². The molecule has 84 valence electrons. The van der Waals surface area contributed by atoms with Gasteiger partial charge in [-0.2, -0.15) is 0 Å². The average molecular weight is 218 g/mol. The molecule has 4 nitrogen and oxygen atoms in total. The molecule has 0 bridgehead atoms. The van der Waals surface area contributed by atoms with E-state index < -0.39 is 5.97 Å². The molecular weight excluding hydrogens is 204 g/mol. The van der Waals surface area contributed by atoms with Gasteiger partial charge in [0.2, 0.25) is 0 Å². The van der Waals surface area contributed by atoms with Gasteiger partial charge in [0.1, 0.15) is 12.4 Å². The molecule has 0 atom stereocenters. The molecule has 0 aliphatic heterocycles. The topological polar surface area (TPSA) is 76.2 Å². The number of hydrogen-bond acceptors (Lipinski definition) is 3. The molecule has 0 aromatic heterocycles. The fourth-order valence-electron chi connectivity index (χ4n) is 1.18. The van der Waals surface area contributed by atoms with E-state index in [0.29, 0.717) is 0 Å². The maximum atomic E-state index is 11.5. The van der Waals surface area contributed by atoms with E-state index in [2.05, 4.69) is 0 Å². The number of nitrogens with one attached hydrogen (secondary N) is 1. The highest BCUT2D eigenvalue weighted by atomic mass is 16.5. The number of carbonyl (C=O) groups is 1. The van der Waals surface area contributed by atoms with E-state index in [0.717, 1.165) is 5.56 Å². The van der Waals surface area contributed by atoms with Gasteiger partial charge in [-0.3, -0.25) is 5.41 Å². The first-order chi connectivity index (χ1) is 7.65. The number of rotatable bonds is 4. The molecule has 0 heterocycles. The first kappa shape index (κ1) is 12.0. The zero-order chi connectivity index (χ0) is 12.0. The summed E-state index contributed by atoms with van der Waals surface area (Å²) in [5.41, 5.74) is 6.22. The molecule has 1 aromatic rings. The summed E-state index contributed by atoms with van der Waals surface area (Å²) in [4.78, 5) is 11.5. The molecule has 3 N–H and O–H groups in total. The zero-order valence-electron chi connectivity index (χ0n) is 9.07. The van der Waals surface area contributed by atoms with Crippen LogP contribution in [0.15, 0.2) is 42.0 Å². The van der Waals surface area contributed by atoms with Gasteiger partial charge < -0.3 is 10.5 Å². The second-order valence-corrected chi connectivity index (χ2v) is 3.18. The van der Waals surface area contributed by atoms with Crippen molar-refractivity contribution in [3.05, 3.63) is 47.5 Å². The van der Waals surface area contributed by atoms with Crippen molar-refractivity contribution >= 4 is 11.8 Å². The van der Waals surface area contributed by atoms with E-state index in [4.69, 9.17) is 15.9 Å². The van der Waals surface area contributed by atoms with Crippen molar-refractivity contribution in [2.24, 2.45) is 5.73 Å². The van der Waals surface area contributed by atoms with Gasteiger partial charge in [-0.1, -0.05) is 36.4 Å². The van der Waals surface area contributed by atoms with Crippen molar-refractivity contribution < 1.29 is 9.53 Å². The Morgan fingerprint density at radius 3 is 2.56 bits per heavy atom. The van der Waals surface area contributed by atoms with Crippen LogP contribution in [0.25, 0.3) is 0 Å². The summed E-state index contributed by atoms with van der Waals surface area (Å²) in [6, 6.07) is 9.33. The van der Waals surface area contributed by atoms with Crippen molar-refractivity contribution in [2.75, 3.05) is 0 Å². The van der Waals surface area contributed by atoms with Crippen LogP contribution in [-0.4, -0.2) is 11.8 Å². The van der Waals surface area contributed by atoms with E-state index in [1.165, 1.54) is 6.08 Å². The summed E-state index contributed by atoms with van der Waals surface area (Å²) in [6.45, 7) is 1.82. The van der Waals surface area contributed by atoms with Gasteiger partial charge in [-0.15, -0.1) is 0 Å². The fourth-order valence-corrected chi connectivity index (χ4v) is 1.18. The number of amidine groups is 1. The number of nitrogens with two attached hydrogens (primary N) is 1. The van der Waals surface area contributed by atoms with Gasteiger partial charge in [0.05, 0.1) is 5.57 Å². The average Bonchev–Trinajstić information content (AvgIpc) is 2.28. The zero-order valence-corrected chi connectivity index (χ0v) is 9.07. The Morgan fingerprint density at radius 1 is 1.44 bits per heavy atom. The van der Waals surface area contributed by atoms with E-state index in [1.54, 1.807) is 6.92 Å². The first-order valence-corrected chi connectivity index (χ1v) is 4.87. The summed E-state index contributed by atoms with van der Waals surface area (Å²) in [5.74, 6) is -0.848. The molecular formula is C12H14N2O2. The highest BCUT2D eigenvalue weighted by molar-refractivity contribution is 6.16. The van der Waals surface area contributed by atoms with Gasteiger partial charge in [0, 0.05) is 0 Å². The molecule has 0 saturated carbocycles. The van der Waals surface area contributed by atoms with Gasteiger partial charge in [-0.05, 0) is 12.5 Å². The number of esters is 1. The largest absolute Gasteiger partial charge is 0.457 e. The highest BCUT2D eigenvalue weighted by Crippen LogP contribution is 2.04. The van der Waals surface area contributed by atoms with Crippen molar-refractivity contribution in [2.45, 2.75) is 13.5 Å². The van der Waals surface area contributed by atoms with Crippen molar-refractivity contribution in [1.82, 2.24) is 0 Å². The van der Waals surface area contributed by atoms with Crippen LogP contribution >= 0.6 is 0 Å². The minimum absolute atomic E-state index is 0.0935. The lowest BCUT2D eigenvalue weighted by Gasteiger charge is -2.06. The number of benzene rings is 1. The van der Waals surface area contributed by atoms with Crippen molar-refractivity contribution in [3.63, 3.8) is 0 Å². The monoisotopic (exact) mass is 218 g/mol. The summed E-state index contributed by atoms with van der Waals surface area (Å²) >= 11 is 0. The number of hydrogen-bond donors (Lipinski definition) is 2. The second kappa shape index (κ2) is 5.70. The Hall–Kier alpha value is -2.10. The third kappa shape index (κ3) is 3.24. The van der Waals surface area contributed by atoms with Gasteiger partial charge >= 0.3 is 5.97 Å². The van der Waals surface area contributed by atoms with Gasteiger partial charge in [-0.25, -0.2) is 4.79 Å².